The number of aliphatic hydroxyl groups is 1. The summed E-state index contributed by atoms with van der Waals surface area (Å²) in [7, 11) is 0. The topological polar surface area (TPSA) is 81.2 Å². The number of nitrogens with zero attached hydrogens (tertiary/aromatic N) is 3. The molecule has 8 heteroatoms. The summed E-state index contributed by atoms with van der Waals surface area (Å²) in [6.45, 7) is 5.65. The van der Waals surface area contributed by atoms with Gasteiger partial charge in [0.15, 0.2) is 0 Å². The van der Waals surface area contributed by atoms with Gasteiger partial charge in [-0.15, -0.1) is 11.8 Å². The van der Waals surface area contributed by atoms with Crippen LogP contribution < -0.4 is 4.90 Å². The summed E-state index contributed by atoms with van der Waals surface area (Å²) in [6, 6.07) is 9.02. The van der Waals surface area contributed by atoms with Crippen molar-refractivity contribution in [1.29, 1.82) is 0 Å². The molecule has 1 N–H and O–H groups in total. The largest absolute Gasteiger partial charge is 0.396 e. The number of aliphatic hydroxyl groups excluding tert-OH is 1. The molecule has 4 aliphatic rings. The number of anilines is 1. The molecule has 198 valence electrons. The fraction of sp³-hybridized carbons (Fsp3) is 0.552. The van der Waals surface area contributed by atoms with Crippen LogP contribution in [0.5, 0.6) is 0 Å². The minimum atomic E-state index is -0.766. The lowest BCUT2D eigenvalue weighted by atomic mass is 9.78. The number of hydrogen-bond acceptors (Lipinski definition) is 5. The monoisotopic (exact) mass is 523 g/mol. The summed E-state index contributed by atoms with van der Waals surface area (Å²) >= 11 is 1.63. The molecular weight excluding hydrogens is 486 g/mol. The molecule has 0 bridgehead atoms. The second-order valence-electron chi connectivity index (χ2n) is 10.7. The van der Waals surface area contributed by atoms with E-state index in [1.807, 2.05) is 61.2 Å². The van der Waals surface area contributed by atoms with Gasteiger partial charge in [-0.05, 0) is 38.8 Å². The molecule has 1 aromatic rings. The summed E-state index contributed by atoms with van der Waals surface area (Å²) in [5, 5.41) is 8.96. The van der Waals surface area contributed by atoms with Crippen molar-refractivity contribution in [2.45, 2.75) is 61.6 Å². The molecule has 4 aliphatic heterocycles. The normalized spacial score (nSPS) is 31.0. The average molecular weight is 524 g/mol. The highest BCUT2D eigenvalue weighted by molar-refractivity contribution is 8.02. The van der Waals surface area contributed by atoms with Gasteiger partial charge in [-0.1, -0.05) is 55.3 Å². The first-order valence-corrected chi connectivity index (χ1v) is 14.4. The van der Waals surface area contributed by atoms with Crippen molar-refractivity contribution in [3.63, 3.8) is 0 Å². The van der Waals surface area contributed by atoms with E-state index in [-0.39, 0.29) is 35.6 Å². The van der Waals surface area contributed by atoms with Gasteiger partial charge >= 0.3 is 0 Å². The van der Waals surface area contributed by atoms with Gasteiger partial charge in [0, 0.05) is 43.2 Å². The average Bonchev–Trinajstić information content (AvgIpc) is 3.19. The number of thioether (sulfide) groups is 1. The van der Waals surface area contributed by atoms with E-state index in [0.717, 1.165) is 31.4 Å². The van der Waals surface area contributed by atoms with Gasteiger partial charge in [0.2, 0.25) is 17.7 Å². The highest BCUT2D eigenvalue weighted by Gasteiger charge is 2.71. The fourth-order valence-corrected chi connectivity index (χ4v) is 8.45. The molecule has 1 spiro atoms. The molecule has 2 fully saturated rings. The number of amides is 3. The van der Waals surface area contributed by atoms with Crippen molar-refractivity contribution in [3.8, 4) is 0 Å². The number of carbonyl (C=O) groups excluding carboxylic acids is 3. The summed E-state index contributed by atoms with van der Waals surface area (Å²) in [6.07, 6.45) is 11.5. The van der Waals surface area contributed by atoms with E-state index in [2.05, 4.69) is 12.2 Å². The van der Waals surface area contributed by atoms with Gasteiger partial charge in [0.1, 0.15) is 6.04 Å². The van der Waals surface area contributed by atoms with Crippen LogP contribution in [0.15, 0.2) is 54.6 Å². The molecule has 5 atom stereocenters. The molecule has 37 heavy (non-hydrogen) atoms. The summed E-state index contributed by atoms with van der Waals surface area (Å²) in [4.78, 5) is 47.8. The number of fused-ring (bicyclic) bond motifs is 2. The minimum absolute atomic E-state index is 0.0137. The van der Waals surface area contributed by atoms with Crippen LogP contribution in [0, 0.1) is 11.8 Å². The zero-order chi connectivity index (χ0) is 26.2. The zero-order valence-electron chi connectivity index (χ0n) is 21.7. The molecule has 0 aromatic heterocycles. The Morgan fingerprint density at radius 2 is 1.73 bits per heavy atom. The fourth-order valence-electron chi connectivity index (χ4n) is 6.45. The van der Waals surface area contributed by atoms with Crippen LogP contribution in [0.2, 0.25) is 0 Å². The van der Waals surface area contributed by atoms with E-state index in [1.165, 1.54) is 0 Å². The lowest BCUT2D eigenvalue weighted by molar-refractivity contribution is -0.143. The van der Waals surface area contributed by atoms with Crippen LogP contribution in [-0.4, -0.2) is 80.9 Å². The molecular formula is C29H37N3O4S. The standard InChI is InChI=1S/C29H37N3O4S/c1-20(2)30-18-11-15-29-24(27(35)32(25(29)28(30)36)16-8-3-4-9-19-33)23-22(37-29)14-10-17-31(26(23)34)21-12-6-5-7-13-21/h5-7,10-15,20,22-25,33H,3-4,8-9,16-19H2,1-2H3/t22-,23+,24-,25?,29-/m0/s1. The van der Waals surface area contributed by atoms with E-state index in [4.69, 9.17) is 5.11 Å². The molecule has 0 radical (unpaired) electrons. The van der Waals surface area contributed by atoms with Crippen molar-refractivity contribution in [3.05, 3.63) is 54.6 Å². The second kappa shape index (κ2) is 10.7. The van der Waals surface area contributed by atoms with Gasteiger partial charge in [-0.25, -0.2) is 0 Å². The van der Waals surface area contributed by atoms with Gasteiger partial charge in [-0.3, -0.25) is 14.4 Å². The molecule has 7 nitrogen and oxygen atoms in total. The van der Waals surface area contributed by atoms with E-state index in [9.17, 15) is 14.4 Å². The van der Waals surface area contributed by atoms with Gasteiger partial charge < -0.3 is 19.8 Å². The van der Waals surface area contributed by atoms with Crippen LogP contribution in [-0.2, 0) is 14.4 Å². The van der Waals surface area contributed by atoms with Gasteiger partial charge in [0.25, 0.3) is 0 Å². The van der Waals surface area contributed by atoms with Gasteiger partial charge in [0.05, 0.1) is 16.6 Å². The maximum atomic E-state index is 14.2. The third-order valence-corrected chi connectivity index (χ3v) is 9.93. The Hall–Kier alpha value is -2.58. The van der Waals surface area contributed by atoms with E-state index < -0.39 is 22.6 Å². The van der Waals surface area contributed by atoms with Gasteiger partial charge in [-0.2, -0.15) is 0 Å². The molecule has 1 aromatic carbocycles. The molecule has 2 saturated heterocycles. The Bertz CT molecular complexity index is 1090. The summed E-state index contributed by atoms with van der Waals surface area (Å²) in [5.74, 6) is -1.25. The lowest BCUT2D eigenvalue weighted by Crippen LogP contribution is -2.54. The van der Waals surface area contributed by atoms with Crippen LogP contribution >= 0.6 is 11.8 Å². The third-order valence-electron chi connectivity index (χ3n) is 8.19. The Morgan fingerprint density at radius 1 is 0.973 bits per heavy atom. The summed E-state index contributed by atoms with van der Waals surface area (Å²) < 4.78 is -0.766. The molecule has 3 amide bonds. The van der Waals surface area contributed by atoms with Crippen molar-refractivity contribution < 1.29 is 19.5 Å². The van der Waals surface area contributed by atoms with Crippen LogP contribution in [0.1, 0.15) is 39.5 Å². The molecule has 0 saturated carbocycles. The predicted molar refractivity (Wildman–Crippen MR) is 146 cm³/mol. The first kappa shape index (κ1) is 26.0. The molecule has 4 heterocycles. The van der Waals surface area contributed by atoms with Crippen molar-refractivity contribution in [1.82, 2.24) is 9.80 Å². The SMILES string of the molecule is CC(C)N1CC=C[C@]23S[C@H]4C=CCN(c5ccccc5)C(=O)[C@H]4[C@H]2C(=O)N(CCCCCCO)C3C1=O. The number of hydrogen-bond donors (Lipinski definition) is 1. The Kier molecular flexibility index (Phi) is 7.50. The van der Waals surface area contributed by atoms with Crippen molar-refractivity contribution >= 4 is 35.2 Å². The van der Waals surface area contributed by atoms with Crippen LogP contribution in [0.4, 0.5) is 5.69 Å². The number of rotatable bonds is 8. The van der Waals surface area contributed by atoms with E-state index in [0.29, 0.717) is 19.6 Å². The van der Waals surface area contributed by atoms with E-state index >= 15 is 0 Å². The molecule has 1 unspecified atom stereocenters. The zero-order valence-corrected chi connectivity index (χ0v) is 22.5. The maximum Gasteiger partial charge on any atom is 0.247 e. The number of likely N-dealkylation sites (tertiary alicyclic amines) is 1. The van der Waals surface area contributed by atoms with E-state index in [1.54, 1.807) is 21.6 Å². The first-order valence-electron chi connectivity index (χ1n) is 13.5. The smallest absolute Gasteiger partial charge is 0.247 e. The Morgan fingerprint density at radius 3 is 2.46 bits per heavy atom. The van der Waals surface area contributed by atoms with Crippen LogP contribution in [0.3, 0.4) is 0 Å². The number of carbonyl (C=O) groups is 3. The quantitative estimate of drug-likeness (QED) is 0.418. The number of para-hydroxylation sites is 1. The second-order valence-corrected chi connectivity index (χ2v) is 12.2. The summed E-state index contributed by atoms with van der Waals surface area (Å²) in [5.41, 5.74) is 0.824. The number of benzene rings is 1. The number of unbranched alkanes of at least 4 members (excludes halogenated alkanes) is 3. The Balaban J connectivity index is 1.52. The van der Waals surface area contributed by atoms with Crippen LogP contribution in [0.25, 0.3) is 0 Å². The lowest BCUT2D eigenvalue weighted by Gasteiger charge is -2.36. The van der Waals surface area contributed by atoms with Crippen molar-refractivity contribution in [2.75, 3.05) is 31.1 Å². The third kappa shape index (κ3) is 4.42. The predicted octanol–water partition coefficient (Wildman–Crippen LogP) is 3.25. The highest BCUT2D eigenvalue weighted by Crippen LogP contribution is 2.61. The maximum absolute atomic E-state index is 14.2. The molecule has 5 rings (SSSR count). The highest BCUT2D eigenvalue weighted by atomic mass is 32.2. The Labute approximate surface area is 223 Å². The molecule has 0 aliphatic carbocycles. The van der Waals surface area contributed by atoms with Crippen molar-refractivity contribution in [2.24, 2.45) is 11.8 Å². The first-order chi connectivity index (χ1) is 17.9. The minimum Gasteiger partial charge on any atom is -0.396 e.